The highest BCUT2D eigenvalue weighted by atomic mass is 16.5. The molecule has 2 aromatic heterocycles. The van der Waals surface area contributed by atoms with Gasteiger partial charge in [-0.15, -0.1) is 0 Å². The minimum Gasteiger partial charge on any atom is -0.339 e. The predicted octanol–water partition coefficient (Wildman–Crippen LogP) is 0.994. The summed E-state index contributed by atoms with van der Waals surface area (Å²) in [7, 11) is 0. The Morgan fingerprint density at radius 3 is 3.18 bits per heavy atom. The number of aromatic nitrogens is 4. The highest BCUT2D eigenvalue weighted by molar-refractivity contribution is 5.46. The van der Waals surface area contributed by atoms with Crippen LogP contribution in [0, 0.1) is 0 Å². The van der Waals surface area contributed by atoms with Crippen molar-refractivity contribution in [2.24, 2.45) is 0 Å². The van der Waals surface area contributed by atoms with E-state index in [2.05, 4.69) is 25.4 Å². The third-order valence-electron chi connectivity index (χ3n) is 2.90. The average Bonchev–Trinajstić information content (AvgIpc) is 2.90. The maximum atomic E-state index is 5.30. The van der Waals surface area contributed by atoms with Gasteiger partial charge >= 0.3 is 0 Å². The second-order valence-electron chi connectivity index (χ2n) is 4.09. The molecule has 0 amide bonds. The largest absolute Gasteiger partial charge is 0.339 e. The zero-order valence-corrected chi connectivity index (χ0v) is 9.33. The Bertz CT molecular complexity index is 478. The van der Waals surface area contributed by atoms with E-state index in [1.807, 2.05) is 0 Å². The first-order valence-electron chi connectivity index (χ1n) is 5.74. The molecule has 1 aliphatic heterocycles. The summed E-state index contributed by atoms with van der Waals surface area (Å²) in [4.78, 5) is 12.4. The van der Waals surface area contributed by atoms with Crippen LogP contribution in [0.5, 0.6) is 0 Å². The van der Waals surface area contributed by atoms with E-state index in [1.54, 1.807) is 12.3 Å². The maximum absolute atomic E-state index is 5.30. The monoisotopic (exact) mass is 231 g/mol. The molecule has 0 aliphatic carbocycles. The third-order valence-corrected chi connectivity index (χ3v) is 2.90. The van der Waals surface area contributed by atoms with Gasteiger partial charge in [-0.2, -0.15) is 4.98 Å². The molecule has 3 rings (SSSR count). The number of nitrogens with zero attached hydrogens (tertiary/aromatic N) is 4. The van der Waals surface area contributed by atoms with Gasteiger partial charge < -0.3 is 9.84 Å². The fourth-order valence-corrected chi connectivity index (χ4v) is 1.99. The molecule has 0 bridgehead atoms. The van der Waals surface area contributed by atoms with Crippen molar-refractivity contribution in [2.75, 3.05) is 13.1 Å². The number of hydrogen-bond donors (Lipinski definition) is 1. The van der Waals surface area contributed by atoms with Crippen LogP contribution in [0.15, 0.2) is 23.1 Å². The zero-order valence-electron chi connectivity index (χ0n) is 9.33. The molecule has 1 fully saturated rings. The van der Waals surface area contributed by atoms with Crippen molar-refractivity contribution in [2.45, 2.75) is 18.8 Å². The molecule has 1 aliphatic rings. The molecule has 0 spiro atoms. The van der Waals surface area contributed by atoms with Crippen molar-refractivity contribution in [1.29, 1.82) is 0 Å². The van der Waals surface area contributed by atoms with E-state index in [0.29, 0.717) is 23.3 Å². The second-order valence-corrected chi connectivity index (χ2v) is 4.09. The van der Waals surface area contributed by atoms with E-state index >= 15 is 0 Å². The fourth-order valence-electron chi connectivity index (χ4n) is 1.99. The minimum atomic E-state index is 0.326. The van der Waals surface area contributed by atoms with Crippen molar-refractivity contribution in [3.05, 3.63) is 24.5 Å². The number of rotatable bonds is 2. The van der Waals surface area contributed by atoms with Crippen LogP contribution in [0.25, 0.3) is 11.5 Å². The molecule has 6 heteroatoms. The first-order chi connectivity index (χ1) is 8.43. The summed E-state index contributed by atoms with van der Waals surface area (Å²) in [6, 6.07) is 1.77. The second kappa shape index (κ2) is 4.58. The molecule has 2 aromatic rings. The van der Waals surface area contributed by atoms with E-state index in [-0.39, 0.29) is 0 Å². The van der Waals surface area contributed by atoms with E-state index < -0.39 is 0 Å². The Labute approximate surface area is 98.5 Å². The summed E-state index contributed by atoms with van der Waals surface area (Å²) in [5.41, 5.74) is 0.693. The number of piperidine rings is 1. The SMILES string of the molecule is c1cc(-c2noc([C@@H]3CCCNC3)n2)ncn1. The van der Waals surface area contributed by atoms with Crippen LogP contribution < -0.4 is 5.32 Å². The first kappa shape index (κ1) is 10.3. The summed E-state index contributed by atoms with van der Waals surface area (Å²) in [6.07, 6.45) is 5.39. The molecule has 0 aromatic carbocycles. The predicted molar refractivity (Wildman–Crippen MR) is 60.2 cm³/mol. The molecule has 1 N–H and O–H groups in total. The summed E-state index contributed by atoms with van der Waals surface area (Å²) in [5.74, 6) is 1.56. The van der Waals surface area contributed by atoms with Gasteiger partial charge in [0.15, 0.2) is 0 Å². The standard InChI is InChI=1S/C11H13N5O/c1-2-8(6-12-4-1)11-15-10(16-17-11)9-3-5-13-7-14-9/h3,5,7-8,12H,1-2,4,6H2/t8-/m1/s1. The Hall–Kier alpha value is -1.82. The van der Waals surface area contributed by atoms with Gasteiger partial charge in [-0.1, -0.05) is 5.16 Å². The van der Waals surface area contributed by atoms with Crippen LogP contribution in [-0.4, -0.2) is 33.2 Å². The van der Waals surface area contributed by atoms with Crippen LogP contribution >= 0.6 is 0 Å². The lowest BCUT2D eigenvalue weighted by atomic mass is 10.00. The van der Waals surface area contributed by atoms with Crippen molar-refractivity contribution in [1.82, 2.24) is 25.4 Å². The summed E-state index contributed by atoms with van der Waals surface area (Å²) in [6.45, 7) is 1.98. The van der Waals surface area contributed by atoms with Gasteiger partial charge in [0.1, 0.15) is 12.0 Å². The fraction of sp³-hybridized carbons (Fsp3) is 0.455. The summed E-state index contributed by atoms with van der Waals surface area (Å²) < 4.78 is 5.30. The van der Waals surface area contributed by atoms with Gasteiger partial charge in [0, 0.05) is 12.7 Å². The van der Waals surface area contributed by atoms with Gasteiger partial charge in [-0.25, -0.2) is 9.97 Å². The molecule has 1 atom stereocenters. The lowest BCUT2D eigenvalue weighted by Crippen LogP contribution is -2.28. The van der Waals surface area contributed by atoms with Crippen molar-refractivity contribution in [3.63, 3.8) is 0 Å². The first-order valence-corrected chi connectivity index (χ1v) is 5.74. The van der Waals surface area contributed by atoms with Crippen LogP contribution in [0.3, 0.4) is 0 Å². The van der Waals surface area contributed by atoms with E-state index in [4.69, 9.17) is 4.52 Å². The van der Waals surface area contributed by atoms with E-state index in [9.17, 15) is 0 Å². The Balaban J connectivity index is 1.83. The normalized spacial score (nSPS) is 20.4. The Morgan fingerprint density at radius 2 is 2.41 bits per heavy atom. The van der Waals surface area contributed by atoms with Crippen LogP contribution in [0.4, 0.5) is 0 Å². The molecular weight excluding hydrogens is 218 g/mol. The van der Waals surface area contributed by atoms with Gasteiger partial charge in [-0.3, -0.25) is 0 Å². The molecule has 88 valence electrons. The van der Waals surface area contributed by atoms with Gasteiger partial charge in [0.05, 0.1) is 5.92 Å². The van der Waals surface area contributed by atoms with E-state index in [0.717, 1.165) is 25.9 Å². The molecular formula is C11H13N5O. The quantitative estimate of drug-likeness (QED) is 0.830. The number of nitrogens with one attached hydrogen (secondary N) is 1. The molecule has 17 heavy (non-hydrogen) atoms. The zero-order chi connectivity index (χ0) is 11.5. The molecule has 0 saturated carbocycles. The number of hydrogen-bond acceptors (Lipinski definition) is 6. The van der Waals surface area contributed by atoms with Crippen LogP contribution in [0.1, 0.15) is 24.7 Å². The van der Waals surface area contributed by atoms with Gasteiger partial charge in [0.25, 0.3) is 0 Å². The van der Waals surface area contributed by atoms with Crippen molar-refractivity contribution >= 4 is 0 Å². The molecule has 0 unspecified atom stereocenters. The Kier molecular flexibility index (Phi) is 2.79. The lowest BCUT2D eigenvalue weighted by Gasteiger charge is -2.18. The third kappa shape index (κ3) is 2.16. The molecule has 3 heterocycles. The average molecular weight is 231 g/mol. The van der Waals surface area contributed by atoms with Crippen molar-refractivity contribution < 1.29 is 4.52 Å². The van der Waals surface area contributed by atoms with Gasteiger partial charge in [-0.05, 0) is 25.5 Å². The molecule has 1 saturated heterocycles. The highest BCUT2D eigenvalue weighted by Gasteiger charge is 2.21. The smallest absolute Gasteiger partial charge is 0.231 e. The highest BCUT2D eigenvalue weighted by Crippen LogP contribution is 2.23. The Morgan fingerprint density at radius 1 is 1.41 bits per heavy atom. The topological polar surface area (TPSA) is 76.7 Å². The minimum absolute atomic E-state index is 0.326. The van der Waals surface area contributed by atoms with Crippen LogP contribution in [0.2, 0.25) is 0 Å². The maximum Gasteiger partial charge on any atom is 0.231 e. The molecule has 0 radical (unpaired) electrons. The lowest BCUT2D eigenvalue weighted by molar-refractivity contribution is 0.322. The van der Waals surface area contributed by atoms with E-state index in [1.165, 1.54) is 6.33 Å². The summed E-state index contributed by atoms with van der Waals surface area (Å²) in [5, 5.41) is 7.29. The molecule has 6 nitrogen and oxygen atoms in total. The van der Waals surface area contributed by atoms with Crippen molar-refractivity contribution in [3.8, 4) is 11.5 Å². The van der Waals surface area contributed by atoms with Crippen LogP contribution in [-0.2, 0) is 0 Å². The summed E-state index contributed by atoms with van der Waals surface area (Å²) >= 11 is 0. The van der Waals surface area contributed by atoms with Gasteiger partial charge in [0.2, 0.25) is 11.7 Å².